The van der Waals surface area contributed by atoms with Gasteiger partial charge in [0.05, 0.1) is 5.39 Å². The smallest absolute Gasteiger partial charge is 0.181 e. The fourth-order valence-electron chi connectivity index (χ4n) is 1.74. The van der Waals surface area contributed by atoms with Crippen LogP contribution in [0.5, 0.6) is 0 Å². The molecule has 0 aliphatic heterocycles. The highest BCUT2D eigenvalue weighted by Crippen LogP contribution is 2.34. The molecule has 0 fully saturated rings. The van der Waals surface area contributed by atoms with Gasteiger partial charge >= 0.3 is 0 Å². The zero-order chi connectivity index (χ0) is 12.7. The number of fused-ring (bicyclic) bond motifs is 1. The van der Waals surface area contributed by atoms with Crippen molar-refractivity contribution in [2.45, 2.75) is 13.8 Å². The number of nitrogens with zero attached hydrogens (tertiary/aromatic N) is 4. The molecule has 3 rings (SSSR count). The van der Waals surface area contributed by atoms with Crippen molar-refractivity contribution in [2.24, 2.45) is 0 Å². The molecule has 0 aliphatic carbocycles. The largest absolute Gasteiger partial charge is 0.245 e. The van der Waals surface area contributed by atoms with Crippen molar-refractivity contribution < 1.29 is 0 Å². The highest BCUT2D eigenvalue weighted by Gasteiger charge is 2.14. The Kier molecular flexibility index (Phi) is 2.72. The van der Waals surface area contributed by atoms with E-state index in [0.717, 1.165) is 15.8 Å². The van der Waals surface area contributed by atoms with E-state index in [1.165, 1.54) is 11.2 Å². The van der Waals surface area contributed by atoms with Gasteiger partial charge in [-0.2, -0.15) is 0 Å². The van der Waals surface area contributed by atoms with Crippen LogP contribution in [-0.2, 0) is 0 Å². The normalized spacial score (nSPS) is 11.1. The number of rotatable bonds is 1. The van der Waals surface area contributed by atoms with Crippen molar-refractivity contribution in [3.8, 4) is 11.5 Å². The molecule has 0 aromatic carbocycles. The summed E-state index contributed by atoms with van der Waals surface area (Å²) in [5.74, 6) is 0.538. The Morgan fingerprint density at radius 3 is 2.78 bits per heavy atom. The molecule has 0 saturated carbocycles. The number of hydrogen-bond acceptors (Lipinski definition) is 5. The van der Waals surface area contributed by atoms with Gasteiger partial charge in [0, 0.05) is 11.1 Å². The third-order valence-electron chi connectivity index (χ3n) is 2.80. The molecule has 0 unspecified atom stereocenters. The van der Waals surface area contributed by atoms with E-state index in [4.69, 9.17) is 11.6 Å². The minimum absolute atomic E-state index is 0.482. The van der Waals surface area contributed by atoms with Crippen LogP contribution in [0.25, 0.3) is 21.7 Å². The Bertz CT molecular complexity index is 724. The van der Waals surface area contributed by atoms with Crippen LogP contribution in [0.1, 0.15) is 10.4 Å². The first-order chi connectivity index (χ1) is 8.66. The molecule has 90 valence electrons. The lowest BCUT2D eigenvalue weighted by Crippen LogP contribution is -1.92. The SMILES string of the molecule is Cc1sc2nc(-c3ccncn3)nc(Cl)c2c1C. The number of aromatic nitrogens is 4. The third kappa shape index (κ3) is 1.76. The number of hydrogen-bond donors (Lipinski definition) is 0. The second-order valence-corrected chi connectivity index (χ2v) is 5.46. The molecule has 4 nitrogen and oxygen atoms in total. The average molecular weight is 277 g/mol. The third-order valence-corrected chi connectivity index (χ3v) is 4.17. The van der Waals surface area contributed by atoms with E-state index >= 15 is 0 Å². The highest BCUT2D eigenvalue weighted by molar-refractivity contribution is 7.18. The maximum absolute atomic E-state index is 6.24. The zero-order valence-electron chi connectivity index (χ0n) is 9.81. The van der Waals surface area contributed by atoms with Crippen LogP contribution < -0.4 is 0 Å². The lowest BCUT2D eigenvalue weighted by Gasteiger charge is -2.00. The molecule has 3 aromatic heterocycles. The van der Waals surface area contributed by atoms with E-state index in [1.807, 2.05) is 6.92 Å². The van der Waals surface area contributed by atoms with Gasteiger partial charge in [-0.25, -0.2) is 19.9 Å². The fourth-order valence-corrected chi connectivity index (χ4v) is 3.13. The van der Waals surface area contributed by atoms with Gasteiger partial charge in [-0.05, 0) is 25.5 Å². The van der Waals surface area contributed by atoms with E-state index in [-0.39, 0.29) is 0 Å². The van der Waals surface area contributed by atoms with Crippen LogP contribution >= 0.6 is 22.9 Å². The molecule has 6 heteroatoms. The van der Waals surface area contributed by atoms with Crippen LogP contribution in [0.4, 0.5) is 0 Å². The van der Waals surface area contributed by atoms with Crippen molar-refractivity contribution in [3.05, 3.63) is 34.2 Å². The first kappa shape index (κ1) is 11.5. The van der Waals surface area contributed by atoms with Crippen LogP contribution in [0.2, 0.25) is 5.15 Å². The van der Waals surface area contributed by atoms with Gasteiger partial charge < -0.3 is 0 Å². The maximum Gasteiger partial charge on any atom is 0.181 e. The molecule has 18 heavy (non-hydrogen) atoms. The van der Waals surface area contributed by atoms with Gasteiger partial charge in [-0.15, -0.1) is 11.3 Å². The molecule has 0 saturated heterocycles. The number of thiophene rings is 1. The summed E-state index contributed by atoms with van der Waals surface area (Å²) >= 11 is 7.87. The van der Waals surface area contributed by atoms with E-state index in [2.05, 4.69) is 26.9 Å². The lowest BCUT2D eigenvalue weighted by molar-refractivity contribution is 1.12. The fraction of sp³-hybridized carbons (Fsp3) is 0.167. The van der Waals surface area contributed by atoms with Gasteiger partial charge in [0.15, 0.2) is 5.82 Å². The standard InChI is InChI=1S/C12H9ClN4S/c1-6-7(2)18-12-9(6)10(13)16-11(17-12)8-3-4-14-5-15-8/h3-5H,1-2H3. The minimum Gasteiger partial charge on any atom is -0.245 e. The summed E-state index contributed by atoms with van der Waals surface area (Å²) in [5, 5.41) is 1.42. The van der Waals surface area contributed by atoms with Crippen LogP contribution in [0.15, 0.2) is 18.6 Å². The van der Waals surface area contributed by atoms with Crippen LogP contribution in [-0.4, -0.2) is 19.9 Å². The summed E-state index contributed by atoms with van der Waals surface area (Å²) in [4.78, 5) is 19.0. The molecule has 0 aliphatic rings. The quantitative estimate of drug-likeness (QED) is 0.639. The van der Waals surface area contributed by atoms with Gasteiger partial charge in [0.1, 0.15) is 22.0 Å². The molecule has 0 bridgehead atoms. The number of halogens is 1. The van der Waals surface area contributed by atoms with Crippen LogP contribution in [0, 0.1) is 13.8 Å². The Morgan fingerprint density at radius 2 is 2.06 bits per heavy atom. The van der Waals surface area contributed by atoms with Crippen molar-refractivity contribution in [1.82, 2.24) is 19.9 Å². The van der Waals surface area contributed by atoms with Crippen molar-refractivity contribution in [1.29, 1.82) is 0 Å². The van der Waals surface area contributed by atoms with Gasteiger partial charge in [-0.3, -0.25) is 0 Å². The monoisotopic (exact) mass is 276 g/mol. The van der Waals surface area contributed by atoms with Crippen molar-refractivity contribution in [2.75, 3.05) is 0 Å². The number of aryl methyl sites for hydroxylation is 2. The zero-order valence-corrected chi connectivity index (χ0v) is 11.4. The Balaban J connectivity index is 2.28. The minimum atomic E-state index is 0.482. The molecular weight excluding hydrogens is 268 g/mol. The molecule has 3 aromatic rings. The average Bonchev–Trinajstić information content (AvgIpc) is 2.66. The summed E-state index contributed by atoms with van der Waals surface area (Å²) in [6.07, 6.45) is 3.14. The van der Waals surface area contributed by atoms with Gasteiger partial charge in [-0.1, -0.05) is 11.6 Å². The molecule has 0 spiro atoms. The maximum atomic E-state index is 6.24. The van der Waals surface area contributed by atoms with E-state index in [9.17, 15) is 0 Å². The molecule has 0 amide bonds. The Morgan fingerprint density at radius 1 is 1.22 bits per heavy atom. The highest BCUT2D eigenvalue weighted by atomic mass is 35.5. The lowest BCUT2D eigenvalue weighted by atomic mass is 10.2. The summed E-state index contributed by atoms with van der Waals surface area (Å²) in [6, 6.07) is 1.77. The summed E-state index contributed by atoms with van der Waals surface area (Å²) in [7, 11) is 0. The second-order valence-electron chi connectivity index (χ2n) is 3.90. The predicted molar refractivity (Wildman–Crippen MR) is 72.9 cm³/mol. The molecule has 3 heterocycles. The second kappa shape index (κ2) is 4.26. The van der Waals surface area contributed by atoms with Crippen LogP contribution in [0.3, 0.4) is 0 Å². The van der Waals surface area contributed by atoms with E-state index < -0.39 is 0 Å². The van der Waals surface area contributed by atoms with E-state index in [0.29, 0.717) is 16.7 Å². The van der Waals surface area contributed by atoms with Crippen molar-refractivity contribution >= 4 is 33.2 Å². The summed E-state index contributed by atoms with van der Waals surface area (Å²) in [5.41, 5.74) is 1.83. The molecule has 0 atom stereocenters. The Labute approximate surface area is 113 Å². The molecule has 0 radical (unpaired) electrons. The molecule has 0 N–H and O–H groups in total. The first-order valence-corrected chi connectivity index (χ1v) is 6.56. The topological polar surface area (TPSA) is 51.6 Å². The van der Waals surface area contributed by atoms with Crippen molar-refractivity contribution in [3.63, 3.8) is 0 Å². The Hall–Kier alpha value is -1.59. The summed E-state index contributed by atoms with van der Waals surface area (Å²) < 4.78 is 0. The predicted octanol–water partition coefficient (Wildman–Crippen LogP) is 3.42. The summed E-state index contributed by atoms with van der Waals surface area (Å²) in [6.45, 7) is 4.09. The van der Waals surface area contributed by atoms with E-state index in [1.54, 1.807) is 23.6 Å². The molecular formula is C12H9ClN4S. The van der Waals surface area contributed by atoms with Gasteiger partial charge in [0.25, 0.3) is 0 Å². The first-order valence-electron chi connectivity index (χ1n) is 5.36. The van der Waals surface area contributed by atoms with Gasteiger partial charge in [0.2, 0.25) is 0 Å².